The highest BCUT2D eigenvalue weighted by atomic mass is 19.3. The van der Waals surface area contributed by atoms with Gasteiger partial charge in [-0.05, 0) is 30.9 Å². The summed E-state index contributed by atoms with van der Waals surface area (Å²) in [5, 5.41) is 0. The molecule has 1 aliphatic carbocycles. The highest BCUT2D eigenvalue weighted by Crippen LogP contribution is 2.42. The smallest absolute Gasteiger partial charge is 0.248 e. The predicted molar refractivity (Wildman–Crippen MR) is 60.5 cm³/mol. The molecule has 0 amide bonds. The molecule has 88 valence electrons. The van der Waals surface area contributed by atoms with Gasteiger partial charge < -0.3 is 5.73 Å². The normalized spacial score (nSPS) is 23.0. The molecule has 0 spiro atoms. The Kier molecular flexibility index (Phi) is 2.74. The first-order chi connectivity index (χ1) is 7.43. The van der Waals surface area contributed by atoms with Crippen LogP contribution in [0.2, 0.25) is 0 Å². The van der Waals surface area contributed by atoms with Gasteiger partial charge in [0.15, 0.2) is 0 Å². The van der Waals surface area contributed by atoms with E-state index in [1.165, 1.54) is 0 Å². The number of rotatable bonds is 1. The lowest BCUT2D eigenvalue weighted by molar-refractivity contribution is -0.0514. The van der Waals surface area contributed by atoms with Gasteiger partial charge in [-0.3, -0.25) is 0 Å². The summed E-state index contributed by atoms with van der Waals surface area (Å²) in [5.74, 6) is -2.52. The second-order valence-corrected chi connectivity index (χ2v) is 4.83. The van der Waals surface area contributed by atoms with Crippen LogP contribution in [-0.4, -0.2) is 5.92 Å². The fourth-order valence-corrected chi connectivity index (χ4v) is 2.46. The standard InChI is InChI=1S/C13H17F2N/c1-10-4-2-3-5-11(10)12(16)6-8-13(14,15)9-7-12/h2-5H,6-9,16H2,1H3. The van der Waals surface area contributed by atoms with Crippen molar-refractivity contribution < 1.29 is 8.78 Å². The van der Waals surface area contributed by atoms with E-state index in [1.807, 2.05) is 31.2 Å². The highest BCUT2D eigenvalue weighted by Gasteiger charge is 2.42. The van der Waals surface area contributed by atoms with Gasteiger partial charge in [0, 0.05) is 18.4 Å². The Morgan fingerprint density at radius 3 is 2.19 bits per heavy atom. The van der Waals surface area contributed by atoms with Crippen LogP contribution in [0, 0.1) is 6.92 Å². The summed E-state index contributed by atoms with van der Waals surface area (Å²) in [6.07, 6.45) is 0.533. The van der Waals surface area contributed by atoms with Crippen LogP contribution in [0.4, 0.5) is 8.78 Å². The number of hydrogen-bond donors (Lipinski definition) is 1. The van der Waals surface area contributed by atoms with Crippen molar-refractivity contribution in [1.82, 2.24) is 0 Å². The van der Waals surface area contributed by atoms with E-state index in [0.717, 1.165) is 11.1 Å². The van der Waals surface area contributed by atoms with Crippen LogP contribution in [0.3, 0.4) is 0 Å². The Labute approximate surface area is 94.7 Å². The Balaban J connectivity index is 2.25. The van der Waals surface area contributed by atoms with E-state index >= 15 is 0 Å². The number of aryl methyl sites for hydroxylation is 1. The third-order valence-corrected chi connectivity index (χ3v) is 3.56. The maximum Gasteiger partial charge on any atom is 0.248 e. The van der Waals surface area contributed by atoms with Crippen molar-refractivity contribution >= 4 is 0 Å². The van der Waals surface area contributed by atoms with Crippen molar-refractivity contribution in [1.29, 1.82) is 0 Å². The summed E-state index contributed by atoms with van der Waals surface area (Å²) in [4.78, 5) is 0. The van der Waals surface area contributed by atoms with Crippen molar-refractivity contribution in [2.24, 2.45) is 5.73 Å². The SMILES string of the molecule is Cc1ccccc1C1(N)CCC(F)(F)CC1. The van der Waals surface area contributed by atoms with Crippen LogP contribution in [0.5, 0.6) is 0 Å². The molecule has 0 unspecified atom stereocenters. The van der Waals surface area contributed by atoms with E-state index in [1.54, 1.807) is 0 Å². The maximum absolute atomic E-state index is 13.1. The van der Waals surface area contributed by atoms with Gasteiger partial charge in [-0.1, -0.05) is 24.3 Å². The molecule has 0 aromatic heterocycles. The largest absolute Gasteiger partial charge is 0.321 e. The zero-order chi connectivity index (χ0) is 11.8. The van der Waals surface area contributed by atoms with E-state index in [0.29, 0.717) is 12.8 Å². The summed E-state index contributed by atoms with van der Waals surface area (Å²) in [6.45, 7) is 1.98. The molecule has 0 saturated heterocycles. The number of hydrogen-bond acceptors (Lipinski definition) is 1. The van der Waals surface area contributed by atoms with Crippen LogP contribution < -0.4 is 5.73 Å². The van der Waals surface area contributed by atoms with E-state index in [4.69, 9.17) is 5.73 Å². The van der Waals surface area contributed by atoms with Crippen molar-refractivity contribution in [3.8, 4) is 0 Å². The van der Waals surface area contributed by atoms with Gasteiger partial charge in [0.05, 0.1) is 0 Å². The van der Waals surface area contributed by atoms with Crippen LogP contribution >= 0.6 is 0 Å². The number of nitrogens with two attached hydrogens (primary N) is 1. The molecule has 3 heteroatoms. The van der Waals surface area contributed by atoms with Crippen LogP contribution in [-0.2, 0) is 5.54 Å². The van der Waals surface area contributed by atoms with E-state index in [2.05, 4.69) is 0 Å². The third-order valence-electron chi connectivity index (χ3n) is 3.56. The van der Waals surface area contributed by atoms with E-state index < -0.39 is 11.5 Å². The summed E-state index contributed by atoms with van der Waals surface area (Å²) < 4.78 is 26.2. The topological polar surface area (TPSA) is 26.0 Å². The van der Waals surface area contributed by atoms with Crippen LogP contribution in [0.15, 0.2) is 24.3 Å². The van der Waals surface area contributed by atoms with Crippen molar-refractivity contribution in [2.75, 3.05) is 0 Å². The molecule has 1 nitrogen and oxygen atoms in total. The zero-order valence-corrected chi connectivity index (χ0v) is 9.47. The first kappa shape index (κ1) is 11.5. The minimum absolute atomic E-state index is 0.0994. The van der Waals surface area contributed by atoms with Crippen molar-refractivity contribution in [3.05, 3.63) is 35.4 Å². The van der Waals surface area contributed by atoms with Gasteiger partial charge in [0.2, 0.25) is 5.92 Å². The Morgan fingerprint density at radius 2 is 1.62 bits per heavy atom. The third kappa shape index (κ3) is 2.09. The molecule has 1 fully saturated rings. The molecule has 0 heterocycles. The first-order valence-corrected chi connectivity index (χ1v) is 5.66. The molecule has 1 aromatic carbocycles. The molecule has 16 heavy (non-hydrogen) atoms. The second kappa shape index (κ2) is 3.81. The molecule has 0 aliphatic heterocycles. The van der Waals surface area contributed by atoms with E-state index in [-0.39, 0.29) is 12.8 Å². The zero-order valence-electron chi connectivity index (χ0n) is 9.47. The minimum atomic E-state index is -2.52. The lowest BCUT2D eigenvalue weighted by Gasteiger charge is -2.38. The average molecular weight is 225 g/mol. The average Bonchev–Trinajstić information content (AvgIpc) is 2.24. The predicted octanol–water partition coefficient (Wildman–Crippen LogP) is 3.36. The summed E-state index contributed by atoms with van der Waals surface area (Å²) in [7, 11) is 0. The number of benzene rings is 1. The summed E-state index contributed by atoms with van der Waals surface area (Å²) in [5.41, 5.74) is 7.82. The molecular weight excluding hydrogens is 208 g/mol. The summed E-state index contributed by atoms with van der Waals surface area (Å²) in [6, 6.07) is 7.80. The first-order valence-electron chi connectivity index (χ1n) is 5.66. The number of alkyl halides is 2. The van der Waals surface area contributed by atoms with E-state index in [9.17, 15) is 8.78 Å². The Bertz CT molecular complexity index is 377. The molecule has 0 atom stereocenters. The molecule has 2 rings (SSSR count). The molecule has 2 N–H and O–H groups in total. The van der Waals surface area contributed by atoms with Gasteiger partial charge in [-0.15, -0.1) is 0 Å². The van der Waals surface area contributed by atoms with Gasteiger partial charge in [0.25, 0.3) is 0 Å². The van der Waals surface area contributed by atoms with Crippen LogP contribution in [0.1, 0.15) is 36.8 Å². The summed E-state index contributed by atoms with van der Waals surface area (Å²) >= 11 is 0. The lowest BCUT2D eigenvalue weighted by Crippen LogP contribution is -2.44. The Morgan fingerprint density at radius 1 is 1.06 bits per heavy atom. The second-order valence-electron chi connectivity index (χ2n) is 4.83. The molecule has 0 radical (unpaired) electrons. The van der Waals surface area contributed by atoms with Gasteiger partial charge in [-0.25, -0.2) is 8.78 Å². The lowest BCUT2D eigenvalue weighted by atomic mass is 9.75. The molecule has 1 saturated carbocycles. The fraction of sp³-hybridized carbons (Fsp3) is 0.538. The Hall–Kier alpha value is -0.960. The van der Waals surface area contributed by atoms with Gasteiger partial charge in [0.1, 0.15) is 0 Å². The number of halogens is 2. The highest BCUT2D eigenvalue weighted by molar-refractivity contribution is 5.33. The molecule has 1 aromatic rings. The monoisotopic (exact) mass is 225 g/mol. The maximum atomic E-state index is 13.1. The molecule has 1 aliphatic rings. The van der Waals surface area contributed by atoms with Crippen molar-refractivity contribution in [3.63, 3.8) is 0 Å². The van der Waals surface area contributed by atoms with Crippen LogP contribution in [0.25, 0.3) is 0 Å². The molecular formula is C13H17F2N. The molecule has 0 bridgehead atoms. The van der Waals surface area contributed by atoms with Gasteiger partial charge in [-0.2, -0.15) is 0 Å². The fourth-order valence-electron chi connectivity index (χ4n) is 2.46. The van der Waals surface area contributed by atoms with Gasteiger partial charge >= 0.3 is 0 Å². The minimum Gasteiger partial charge on any atom is -0.321 e. The quantitative estimate of drug-likeness (QED) is 0.779. The van der Waals surface area contributed by atoms with Crippen molar-refractivity contribution in [2.45, 2.75) is 44.1 Å².